The molecule has 0 saturated heterocycles. The minimum absolute atomic E-state index is 0.0900. The molecular formula is C17H13NO4S. The molecule has 2 heterocycles. The molecule has 0 spiro atoms. The van der Waals surface area contributed by atoms with Gasteiger partial charge in [0.15, 0.2) is 22.2 Å². The van der Waals surface area contributed by atoms with E-state index in [1.54, 1.807) is 43.5 Å². The molecule has 0 bridgehead atoms. The van der Waals surface area contributed by atoms with Crippen LogP contribution in [0.3, 0.4) is 0 Å². The number of carbonyl (C=O) groups is 2. The summed E-state index contributed by atoms with van der Waals surface area (Å²) in [5, 5.41) is 0.622. The van der Waals surface area contributed by atoms with Gasteiger partial charge in [-0.1, -0.05) is 12.1 Å². The van der Waals surface area contributed by atoms with Crippen LogP contribution in [0.2, 0.25) is 0 Å². The van der Waals surface area contributed by atoms with Crippen molar-refractivity contribution < 1.29 is 18.7 Å². The van der Waals surface area contributed by atoms with Crippen molar-refractivity contribution in [2.75, 3.05) is 0 Å². The summed E-state index contributed by atoms with van der Waals surface area (Å²) >= 11 is 1.36. The van der Waals surface area contributed by atoms with Crippen molar-refractivity contribution in [3.05, 3.63) is 58.8 Å². The molecule has 3 aromatic rings. The summed E-state index contributed by atoms with van der Waals surface area (Å²) in [6.07, 6.45) is 1.55. The van der Waals surface area contributed by atoms with E-state index in [0.29, 0.717) is 22.1 Å². The van der Waals surface area contributed by atoms with Crippen LogP contribution in [-0.4, -0.2) is 16.7 Å². The first-order chi connectivity index (χ1) is 11.0. The predicted octanol–water partition coefficient (Wildman–Crippen LogP) is 4.13. The number of hydrogen-bond acceptors (Lipinski definition) is 6. The van der Waals surface area contributed by atoms with E-state index in [2.05, 4.69) is 4.98 Å². The van der Waals surface area contributed by atoms with Gasteiger partial charge in [-0.2, -0.15) is 0 Å². The zero-order valence-corrected chi connectivity index (χ0v) is 13.3. The Bertz CT molecular complexity index is 865. The van der Waals surface area contributed by atoms with Gasteiger partial charge in [0.2, 0.25) is 0 Å². The monoisotopic (exact) mass is 327 g/mol. The fourth-order valence-corrected chi connectivity index (χ4v) is 2.89. The summed E-state index contributed by atoms with van der Waals surface area (Å²) < 4.78 is 10.6. The quantitative estimate of drug-likeness (QED) is 0.409. The number of hydrogen-bond donors (Lipinski definition) is 0. The molecule has 0 amide bonds. The van der Waals surface area contributed by atoms with Crippen molar-refractivity contribution in [1.29, 1.82) is 0 Å². The van der Waals surface area contributed by atoms with E-state index in [0.717, 1.165) is 4.88 Å². The van der Waals surface area contributed by atoms with E-state index in [-0.39, 0.29) is 11.5 Å². The molecule has 0 fully saturated rings. The highest BCUT2D eigenvalue weighted by molar-refractivity contribution is 7.15. The molecule has 2 aromatic heterocycles. The molecule has 0 unspecified atom stereocenters. The lowest BCUT2D eigenvalue weighted by molar-refractivity contribution is 0.0727. The Labute approximate surface area is 136 Å². The Morgan fingerprint density at radius 2 is 2.04 bits per heavy atom. The van der Waals surface area contributed by atoms with Crippen LogP contribution >= 0.6 is 11.3 Å². The molecule has 0 radical (unpaired) electrons. The van der Waals surface area contributed by atoms with Gasteiger partial charge in [0.1, 0.15) is 5.75 Å². The number of ether oxygens (including phenoxy) is 1. The van der Waals surface area contributed by atoms with Crippen LogP contribution in [0.1, 0.15) is 32.6 Å². The van der Waals surface area contributed by atoms with Gasteiger partial charge in [-0.25, -0.2) is 9.78 Å². The van der Waals surface area contributed by atoms with Gasteiger partial charge in [0, 0.05) is 10.4 Å². The van der Waals surface area contributed by atoms with Crippen LogP contribution in [0.4, 0.5) is 0 Å². The third kappa shape index (κ3) is 3.22. The lowest BCUT2D eigenvalue weighted by Crippen LogP contribution is -2.10. The second-order valence-electron chi connectivity index (χ2n) is 4.87. The number of Topliss-reactive ketones (excluding diaryl/α,β-unsaturated/α-hetero) is 1. The number of esters is 1. The number of ketones is 1. The fourth-order valence-electron chi connectivity index (χ4n) is 2.03. The Morgan fingerprint density at radius 3 is 2.74 bits per heavy atom. The maximum atomic E-state index is 12.3. The minimum Gasteiger partial charge on any atom is -0.462 e. The van der Waals surface area contributed by atoms with Gasteiger partial charge in [-0.3, -0.25) is 4.79 Å². The highest BCUT2D eigenvalue weighted by atomic mass is 32.1. The van der Waals surface area contributed by atoms with Gasteiger partial charge in [-0.05, 0) is 38.1 Å². The van der Waals surface area contributed by atoms with Crippen molar-refractivity contribution >= 4 is 23.1 Å². The maximum Gasteiger partial charge on any atom is 0.363 e. The van der Waals surface area contributed by atoms with Crippen LogP contribution in [0, 0.1) is 6.92 Å². The fraction of sp³-hybridized carbons (Fsp3) is 0.118. The van der Waals surface area contributed by atoms with Gasteiger partial charge in [0.05, 0.1) is 6.26 Å². The number of carbonyl (C=O) groups excluding carboxylic acids is 2. The van der Waals surface area contributed by atoms with Crippen molar-refractivity contribution in [3.8, 4) is 16.5 Å². The van der Waals surface area contributed by atoms with E-state index in [1.165, 1.54) is 24.3 Å². The zero-order chi connectivity index (χ0) is 16.4. The maximum absolute atomic E-state index is 12.3. The number of rotatable bonds is 4. The van der Waals surface area contributed by atoms with Crippen LogP contribution < -0.4 is 4.74 Å². The highest BCUT2D eigenvalue weighted by Crippen LogP contribution is 2.28. The highest BCUT2D eigenvalue weighted by Gasteiger charge is 2.19. The molecule has 116 valence electrons. The smallest absolute Gasteiger partial charge is 0.363 e. The second kappa shape index (κ2) is 6.18. The van der Waals surface area contributed by atoms with Gasteiger partial charge >= 0.3 is 5.97 Å². The van der Waals surface area contributed by atoms with E-state index in [4.69, 9.17) is 9.15 Å². The van der Waals surface area contributed by atoms with Crippen LogP contribution in [-0.2, 0) is 0 Å². The molecule has 0 aliphatic rings. The number of aromatic nitrogens is 1. The van der Waals surface area contributed by atoms with E-state index in [9.17, 15) is 9.59 Å². The van der Waals surface area contributed by atoms with Gasteiger partial charge in [0.25, 0.3) is 0 Å². The Hall–Kier alpha value is -2.73. The molecule has 23 heavy (non-hydrogen) atoms. The second-order valence-corrected chi connectivity index (χ2v) is 6.08. The number of nitrogens with zero attached hydrogens (tertiary/aromatic N) is 1. The molecule has 0 aliphatic heterocycles. The Morgan fingerprint density at radius 1 is 1.22 bits per heavy atom. The van der Waals surface area contributed by atoms with E-state index >= 15 is 0 Å². The first kappa shape index (κ1) is 15.2. The molecule has 0 saturated carbocycles. The van der Waals surface area contributed by atoms with Crippen LogP contribution in [0.15, 0.2) is 47.1 Å². The number of benzene rings is 1. The summed E-state index contributed by atoms with van der Waals surface area (Å²) in [5.74, 6) is 0.274. The largest absolute Gasteiger partial charge is 0.462 e. The molecule has 6 heteroatoms. The minimum atomic E-state index is -0.558. The van der Waals surface area contributed by atoms with Crippen LogP contribution in [0.5, 0.6) is 5.75 Å². The molecule has 0 atom stereocenters. The van der Waals surface area contributed by atoms with E-state index < -0.39 is 5.97 Å². The summed E-state index contributed by atoms with van der Waals surface area (Å²) in [4.78, 5) is 28.7. The van der Waals surface area contributed by atoms with Crippen molar-refractivity contribution in [1.82, 2.24) is 4.98 Å². The summed E-state index contributed by atoms with van der Waals surface area (Å²) in [6, 6.07) is 10.0. The molecule has 1 aromatic carbocycles. The van der Waals surface area contributed by atoms with Gasteiger partial charge < -0.3 is 9.15 Å². The third-order valence-electron chi connectivity index (χ3n) is 3.17. The molecular weight excluding hydrogens is 314 g/mol. The zero-order valence-electron chi connectivity index (χ0n) is 12.5. The third-order valence-corrected chi connectivity index (χ3v) is 4.16. The summed E-state index contributed by atoms with van der Waals surface area (Å²) in [7, 11) is 0. The standard InChI is InChI=1S/C17H13NO4S/c1-10(19)12-5-3-6-13(9-12)22-17(20)15-11(2)23-16(18-15)14-7-4-8-21-14/h3-9H,1-2H3. The number of aryl methyl sites for hydroxylation is 1. The molecule has 3 rings (SSSR count). The SMILES string of the molecule is CC(=O)c1cccc(OC(=O)c2nc(-c3ccco3)sc2C)c1. The Kier molecular flexibility index (Phi) is 4.08. The number of furan rings is 1. The predicted molar refractivity (Wildman–Crippen MR) is 86.0 cm³/mol. The first-order valence-corrected chi connectivity index (χ1v) is 7.70. The lowest BCUT2D eigenvalue weighted by Gasteiger charge is -2.04. The normalized spacial score (nSPS) is 10.5. The van der Waals surface area contributed by atoms with E-state index in [1.807, 2.05) is 0 Å². The average molecular weight is 327 g/mol. The number of thiazole rings is 1. The molecule has 0 aliphatic carbocycles. The average Bonchev–Trinajstić information content (AvgIpc) is 3.16. The molecule has 0 N–H and O–H groups in total. The van der Waals surface area contributed by atoms with Crippen molar-refractivity contribution in [2.45, 2.75) is 13.8 Å². The summed E-state index contributed by atoms with van der Waals surface area (Å²) in [6.45, 7) is 3.26. The topological polar surface area (TPSA) is 69.4 Å². The van der Waals surface area contributed by atoms with Crippen molar-refractivity contribution in [3.63, 3.8) is 0 Å². The summed E-state index contributed by atoms with van der Waals surface area (Å²) in [5.41, 5.74) is 0.733. The van der Waals surface area contributed by atoms with Gasteiger partial charge in [-0.15, -0.1) is 11.3 Å². The van der Waals surface area contributed by atoms with Crippen LogP contribution in [0.25, 0.3) is 10.8 Å². The Balaban J connectivity index is 1.84. The lowest BCUT2D eigenvalue weighted by atomic mass is 10.1. The van der Waals surface area contributed by atoms with Crippen molar-refractivity contribution in [2.24, 2.45) is 0 Å². The molecule has 5 nitrogen and oxygen atoms in total. The first-order valence-electron chi connectivity index (χ1n) is 6.89.